The lowest BCUT2D eigenvalue weighted by atomic mass is 10.1. The molecule has 6 rings (SSSR count). The zero-order chi connectivity index (χ0) is 22.6. The molecule has 0 bridgehead atoms. The van der Waals surface area contributed by atoms with Crippen LogP contribution in [-0.2, 0) is 17.6 Å². The van der Waals surface area contributed by atoms with E-state index in [1.54, 1.807) is 4.90 Å². The minimum Gasteiger partial charge on any atom is -0.340 e. The second-order valence-corrected chi connectivity index (χ2v) is 9.77. The summed E-state index contributed by atoms with van der Waals surface area (Å²) >= 11 is 0. The SMILES string of the molecule is O=C(C1CCCN1c1nc2c(c(Nc3ncc(C4CC4)[nH]3)n1)CCC2)N1CCC(F)(F)CC1. The Bertz CT molecular complexity index is 1060. The molecule has 2 aliphatic heterocycles. The first kappa shape index (κ1) is 20.8. The number of nitrogens with zero attached hydrogens (tertiary/aromatic N) is 5. The lowest BCUT2D eigenvalue weighted by Crippen LogP contribution is -2.50. The molecule has 4 aliphatic rings. The van der Waals surface area contributed by atoms with Crippen LogP contribution in [0.3, 0.4) is 0 Å². The highest BCUT2D eigenvalue weighted by molar-refractivity contribution is 5.85. The van der Waals surface area contributed by atoms with E-state index in [0.717, 1.165) is 48.5 Å². The van der Waals surface area contributed by atoms with Crippen molar-refractivity contribution in [2.24, 2.45) is 0 Å². The van der Waals surface area contributed by atoms with Gasteiger partial charge in [0, 0.05) is 49.7 Å². The minimum absolute atomic E-state index is 0.0817. The summed E-state index contributed by atoms with van der Waals surface area (Å²) in [6, 6.07) is -0.394. The average molecular weight is 458 g/mol. The van der Waals surface area contributed by atoms with Crippen LogP contribution in [0.25, 0.3) is 0 Å². The maximum atomic E-state index is 13.6. The molecular weight excluding hydrogens is 428 g/mol. The van der Waals surface area contributed by atoms with Crippen LogP contribution in [0.2, 0.25) is 0 Å². The van der Waals surface area contributed by atoms with Crippen LogP contribution >= 0.6 is 0 Å². The number of H-pyrrole nitrogens is 1. The topological polar surface area (TPSA) is 90.0 Å². The first-order valence-electron chi connectivity index (χ1n) is 12.1. The Hall–Kier alpha value is -2.78. The van der Waals surface area contributed by atoms with Gasteiger partial charge >= 0.3 is 0 Å². The van der Waals surface area contributed by atoms with Gasteiger partial charge in [-0.25, -0.2) is 18.7 Å². The molecule has 176 valence electrons. The van der Waals surface area contributed by atoms with Gasteiger partial charge in [0.15, 0.2) is 0 Å². The van der Waals surface area contributed by atoms with Gasteiger partial charge in [-0.15, -0.1) is 0 Å². The fourth-order valence-electron chi connectivity index (χ4n) is 5.29. The molecule has 0 spiro atoms. The third-order valence-corrected chi connectivity index (χ3v) is 7.37. The molecule has 10 heteroatoms. The van der Waals surface area contributed by atoms with Crippen molar-refractivity contribution in [3.05, 3.63) is 23.1 Å². The zero-order valence-electron chi connectivity index (χ0n) is 18.6. The summed E-state index contributed by atoms with van der Waals surface area (Å²) in [5, 5.41) is 3.36. The highest BCUT2D eigenvalue weighted by atomic mass is 19.3. The summed E-state index contributed by atoms with van der Waals surface area (Å²) in [4.78, 5) is 34.3. The number of alkyl halides is 2. The fourth-order valence-corrected chi connectivity index (χ4v) is 5.29. The summed E-state index contributed by atoms with van der Waals surface area (Å²) in [6.07, 6.45) is 8.14. The molecule has 0 radical (unpaired) electrons. The van der Waals surface area contributed by atoms with Gasteiger partial charge in [0.25, 0.3) is 5.92 Å². The quantitative estimate of drug-likeness (QED) is 0.714. The number of likely N-dealkylation sites (tertiary alicyclic amines) is 1. The molecule has 1 atom stereocenters. The number of aryl methyl sites for hydroxylation is 1. The molecule has 2 saturated heterocycles. The molecule has 0 aromatic carbocycles. The number of aromatic nitrogens is 4. The number of nitrogens with one attached hydrogen (secondary N) is 2. The lowest BCUT2D eigenvalue weighted by molar-refractivity contribution is -0.138. The number of anilines is 3. The zero-order valence-corrected chi connectivity index (χ0v) is 18.6. The Balaban J connectivity index is 1.24. The van der Waals surface area contributed by atoms with Crippen molar-refractivity contribution >= 4 is 23.6 Å². The average Bonchev–Trinajstić information content (AvgIpc) is 3.19. The van der Waals surface area contributed by atoms with Gasteiger partial charge < -0.3 is 20.1 Å². The van der Waals surface area contributed by atoms with Gasteiger partial charge in [0.05, 0.1) is 11.9 Å². The second-order valence-electron chi connectivity index (χ2n) is 9.77. The van der Waals surface area contributed by atoms with Crippen LogP contribution < -0.4 is 10.2 Å². The van der Waals surface area contributed by atoms with Crippen LogP contribution in [0, 0.1) is 0 Å². The smallest absolute Gasteiger partial charge is 0.251 e. The molecule has 1 saturated carbocycles. The molecule has 1 unspecified atom stereocenters. The summed E-state index contributed by atoms with van der Waals surface area (Å²) in [6.45, 7) is 0.900. The molecule has 2 aliphatic carbocycles. The van der Waals surface area contributed by atoms with E-state index in [1.807, 2.05) is 11.1 Å². The van der Waals surface area contributed by atoms with E-state index in [4.69, 9.17) is 9.97 Å². The Morgan fingerprint density at radius 1 is 1.09 bits per heavy atom. The maximum Gasteiger partial charge on any atom is 0.251 e. The van der Waals surface area contributed by atoms with Gasteiger partial charge in [0.2, 0.25) is 17.8 Å². The summed E-state index contributed by atoms with van der Waals surface area (Å²) in [7, 11) is 0. The van der Waals surface area contributed by atoms with Crippen molar-refractivity contribution in [1.82, 2.24) is 24.8 Å². The number of aromatic amines is 1. The number of hydrogen-bond acceptors (Lipinski definition) is 6. The number of piperidine rings is 1. The molecule has 1 amide bonds. The Morgan fingerprint density at radius 2 is 1.91 bits per heavy atom. The monoisotopic (exact) mass is 457 g/mol. The van der Waals surface area contributed by atoms with E-state index in [2.05, 4.69) is 15.3 Å². The van der Waals surface area contributed by atoms with Crippen molar-refractivity contribution in [3.63, 3.8) is 0 Å². The Labute approximate surface area is 191 Å². The van der Waals surface area contributed by atoms with Crippen LogP contribution in [0.5, 0.6) is 0 Å². The highest BCUT2D eigenvalue weighted by Gasteiger charge is 2.41. The van der Waals surface area contributed by atoms with Crippen molar-refractivity contribution in [2.45, 2.75) is 75.7 Å². The molecule has 33 heavy (non-hydrogen) atoms. The van der Waals surface area contributed by atoms with Gasteiger partial charge in [0.1, 0.15) is 11.9 Å². The summed E-state index contributed by atoms with van der Waals surface area (Å²) in [5.74, 6) is -0.183. The third kappa shape index (κ3) is 4.04. The largest absolute Gasteiger partial charge is 0.340 e. The van der Waals surface area contributed by atoms with E-state index >= 15 is 0 Å². The predicted octanol–water partition coefficient (Wildman–Crippen LogP) is 3.54. The number of amides is 1. The van der Waals surface area contributed by atoms with Crippen LogP contribution in [-0.4, -0.2) is 62.3 Å². The molecule has 4 heterocycles. The number of hydrogen-bond donors (Lipinski definition) is 2. The van der Waals surface area contributed by atoms with Gasteiger partial charge in [-0.2, -0.15) is 4.98 Å². The van der Waals surface area contributed by atoms with E-state index < -0.39 is 12.0 Å². The summed E-state index contributed by atoms with van der Waals surface area (Å²) in [5.41, 5.74) is 3.29. The van der Waals surface area contributed by atoms with E-state index in [0.29, 0.717) is 30.8 Å². The van der Waals surface area contributed by atoms with Crippen molar-refractivity contribution < 1.29 is 13.6 Å². The van der Waals surface area contributed by atoms with Crippen LogP contribution in [0.4, 0.5) is 26.5 Å². The number of carbonyl (C=O) groups is 1. The van der Waals surface area contributed by atoms with E-state index in [-0.39, 0.29) is 31.8 Å². The first-order chi connectivity index (χ1) is 16.0. The highest BCUT2D eigenvalue weighted by Crippen LogP contribution is 2.40. The Morgan fingerprint density at radius 3 is 2.70 bits per heavy atom. The normalized spacial score (nSPS) is 24.2. The number of halogens is 2. The lowest BCUT2D eigenvalue weighted by Gasteiger charge is -2.35. The van der Waals surface area contributed by atoms with Gasteiger partial charge in [-0.1, -0.05) is 0 Å². The van der Waals surface area contributed by atoms with Crippen molar-refractivity contribution in [1.29, 1.82) is 0 Å². The first-order valence-corrected chi connectivity index (χ1v) is 12.1. The molecule has 8 nitrogen and oxygen atoms in total. The number of imidazole rings is 1. The molecule has 3 fully saturated rings. The molecular formula is C23H29F2N7O. The maximum absolute atomic E-state index is 13.6. The molecule has 2 aromatic heterocycles. The third-order valence-electron chi connectivity index (χ3n) is 7.37. The van der Waals surface area contributed by atoms with E-state index in [1.165, 1.54) is 12.8 Å². The van der Waals surface area contributed by atoms with Gasteiger partial charge in [-0.05, 0) is 44.9 Å². The number of fused-ring (bicyclic) bond motifs is 1. The van der Waals surface area contributed by atoms with Crippen molar-refractivity contribution in [3.8, 4) is 0 Å². The van der Waals surface area contributed by atoms with Crippen LogP contribution in [0.15, 0.2) is 6.20 Å². The van der Waals surface area contributed by atoms with Crippen molar-refractivity contribution in [2.75, 3.05) is 29.9 Å². The summed E-state index contributed by atoms with van der Waals surface area (Å²) < 4.78 is 27.2. The molecule has 2 aromatic rings. The molecule has 2 N–H and O–H groups in total. The Kier molecular flexibility index (Phi) is 4.99. The standard InChI is InChI=1S/C23H29F2N7O/c24-23(25)8-11-31(12-9-23)20(33)18-5-2-10-32(18)22-28-16-4-1-3-15(16)19(30-22)29-21-26-13-17(27-21)14-6-7-14/h13-14,18H,1-12H2,(H2,26,27,28,29,30). The van der Waals surface area contributed by atoms with Crippen LogP contribution in [0.1, 0.15) is 67.8 Å². The number of rotatable bonds is 5. The van der Waals surface area contributed by atoms with E-state index in [9.17, 15) is 13.6 Å². The fraction of sp³-hybridized carbons (Fsp3) is 0.652. The number of carbonyl (C=O) groups excluding carboxylic acids is 1. The predicted molar refractivity (Wildman–Crippen MR) is 119 cm³/mol. The second kappa shape index (κ2) is 7.92. The minimum atomic E-state index is -2.67. The van der Waals surface area contributed by atoms with Gasteiger partial charge in [-0.3, -0.25) is 4.79 Å².